The van der Waals surface area contributed by atoms with Crippen molar-refractivity contribution in [2.24, 2.45) is 0 Å². The topological polar surface area (TPSA) is 52.7 Å². The van der Waals surface area contributed by atoms with Crippen LogP contribution in [0.1, 0.15) is 5.56 Å². The summed E-state index contributed by atoms with van der Waals surface area (Å²) in [5, 5.41) is 1.54. The van der Waals surface area contributed by atoms with E-state index in [0.717, 1.165) is 16.5 Å². The molecule has 8 heteroatoms. The van der Waals surface area contributed by atoms with E-state index in [4.69, 9.17) is 23.8 Å². The maximum atomic E-state index is 12.9. The summed E-state index contributed by atoms with van der Waals surface area (Å²) < 4.78 is 4.48. The first kappa shape index (κ1) is 17.1. The highest BCUT2D eigenvalue weighted by atomic mass is 35.5. The van der Waals surface area contributed by atoms with E-state index in [1.54, 1.807) is 21.4 Å². The van der Waals surface area contributed by atoms with Crippen LogP contribution in [-0.4, -0.2) is 19.1 Å². The van der Waals surface area contributed by atoms with Crippen LogP contribution in [0.25, 0.3) is 21.3 Å². The Bertz CT molecular complexity index is 1270. The molecule has 0 radical (unpaired) electrons. The van der Waals surface area contributed by atoms with Gasteiger partial charge in [-0.05, 0) is 24.4 Å². The fraction of sp³-hybridized carbons (Fsp3) is 0.111. The number of rotatable bonds is 4. The summed E-state index contributed by atoms with van der Waals surface area (Å²) in [7, 11) is 0. The van der Waals surface area contributed by atoms with Crippen molar-refractivity contribution in [1.29, 1.82) is 0 Å². The van der Waals surface area contributed by atoms with E-state index >= 15 is 0 Å². The first-order valence-electron chi connectivity index (χ1n) is 7.82. The van der Waals surface area contributed by atoms with E-state index < -0.39 is 0 Å². The normalized spacial score (nSPS) is 11.3. The maximum absolute atomic E-state index is 12.9. The number of halogens is 1. The Labute approximate surface area is 162 Å². The van der Waals surface area contributed by atoms with Crippen LogP contribution < -0.4 is 5.56 Å². The number of benzene rings is 1. The van der Waals surface area contributed by atoms with Gasteiger partial charge in [-0.25, -0.2) is 4.98 Å². The lowest BCUT2D eigenvalue weighted by atomic mass is 10.1. The highest BCUT2D eigenvalue weighted by molar-refractivity contribution is 7.73. The summed E-state index contributed by atoms with van der Waals surface area (Å²) in [5.41, 5.74) is 2.02. The largest absolute Gasteiger partial charge is 0.304 e. The summed E-state index contributed by atoms with van der Waals surface area (Å²) in [6, 6.07) is 7.57. The van der Waals surface area contributed by atoms with E-state index in [-0.39, 0.29) is 5.56 Å². The number of pyridine rings is 1. The average Bonchev–Trinajstić information content (AvgIpc) is 2.96. The zero-order chi connectivity index (χ0) is 18.3. The fourth-order valence-electron chi connectivity index (χ4n) is 2.88. The molecule has 3 heterocycles. The van der Waals surface area contributed by atoms with Gasteiger partial charge in [0.15, 0.2) is 9.60 Å². The Balaban J connectivity index is 1.88. The second-order valence-electron chi connectivity index (χ2n) is 5.70. The molecule has 0 unspecified atom stereocenters. The van der Waals surface area contributed by atoms with Crippen LogP contribution >= 0.6 is 35.2 Å². The van der Waals surface area contributed by atoms with Crippen LogP contribution in [0.5, 0.6) is 0 Å². The van der Waals surface area contributed by atoms with Gasteiger partial charge in [0, 0.05) is 28.7 Å². The lowest BCUT2D eigenvalue weighted by Gasteiger charge is -2.10. The highest BCUT2D eigenvalue weighted by Gasteiger charge is 2.14. The fourth-order valence-corrected chi connectivity index (χ4v) is 4.40. The smallest absolute Gasteiger partial charge is 0.273 e. The molecular formula is C18H13ClN4OS2. The monoisotopic (exact) mass is 400 g/mol. The molecule has 26 heavy (non-hydrogen) atoms. The molecule has 0 spiro atoms. The molecule has 1 aromatic carbocycles. The lowest BCUT2D eigenvalue weighted by molar-refractivity contribution is 0.744. The van der Waals surface area contributed by atoms with Crippen molar-refractivity contribution in [2.75, 3.05) is 0 Å². The summed E-state index contributed by atoms with van der Waals surface area (Å²) in [6.07, 6.45) is 4.98. The summed E-state index contributed by atoms with van der Waals surface area (Å²) in [4.78, 5) is 21.8. The summed E-state index contributed by atoms with van der Waals surface area (Å²) in [5.74, 6) is 0. The third-order valence-electron chi connectivity index (χ3n) is 4.11. The standard InChI is InChI=1S/C18H13ClN4OS2/c1-2-8-23-16-15(26-18(23)25)17(24)22(10-21-16)9-12-13(19)6-5-11-4-3-7-20-14(11)12/h2-7,10H,1,8-9H2. The van der Waals surface area contributed by atoms with Gasteiger partial charge >= 0.3 is 0 Å². The van der Waals surface area contributed by atoms with Crippen LogP contribution in [0.3, 0.4) is 0 Å². The molecule has 0 N–H and O–H groups in total. The molecule has 0 bridgehead atoms. The van der Waals surface area contributed by atoms with Gasteiger partial charge in [-0.15, -0.1) is 6.58 Å². The van der Waals surface area contributed by atoms with Crippen LogP contribution in [-0.2, 0) is 13.1 Å². The molecule has 5 nitrogen and oxygen atoms in total. The molecule has 4 rings (SSSR count). The van der Waals surface area contributed by atoms with Crippen molar-refractivity contribution < 1.29 is 0 Å². The number of aromatic nitrogens is 4. The second-order valence-corrected chi connectivity index (χ2v) is 7.75. The Morgan fingerprint density at radius 1 is 1.31 bits per heavy atom. The lowest BCUT2D eigenvalue weighted by Crippen LogP contribution is -2.21. The molecule has 0 amide bonds. The zero-order valence-corrected chi connectivity index (χ0v) is 15.9. The maximum Gasteiger partial charge on any atom is 0.273 e. The zero-order valence-electron chi connectivity index (χ0n) is 13.6. The molecular weight excluding hydrogens is 388 g/mol. The number of hydrogen-bond donors (Lipinski definition) is 0. The van der Waals surface area contributed by atoms with E-state index in [1.807, 2.05) is 24.3 Å². The van der Waals surface area contributed by atoms with Crippen molar-refractivity contribution in [2.45, 2.75) is 13.1 Å². The third-order valence-corrected chi connectivity index (χ3v) is 5.89. The quantitative estimate of drug-likeness (QED) is 0.375. The van der Waals surface area contributed by atoms with Gasteiger partial charge in [0.05, 0.1) is 12.1 Å². The van der Waals surface area contributed by atoms with Gasteiger partial charge in [0.25, 0.3) is 5.56 Å². The molecule has 0 aliphatic heterocycles. The van der Waals surface area contributed by atoms with Gasteiger partial charge in [-0.2, -0.15) is 0 Å². The SMILES string of the molecule is C=CCn1c(=S)sc2c(=O)n(Cc3c(Cl)ccc4cccnc34)cnc21. The second kappa shape index (κ2) is 6.75. The minimum atomic E-state index is -0.141. The predicted molar refractivity (Wildman–Crippen MR) is 109 cm³/mol. The van der Waals surface area contributed by atoms with Crippen molar-refractivity contribution in [3.63, 3.8) is 0 Å². The Morgan fingerprint density at radius 2 is 2.15 bits per heavy atom. The Hall–Kier alpha value is -2.35. The molecule has 0 aliphatic rings. The van der Waals surface area contributed by atoms with Gasteiger partial charge in [-0.3, -0.25) is 14.3 Å². The van der Waals surface area contributed by atoms with Gasteiger partial charge in [-0.1, -0.05) is 41.1 Å². The van der Waals surface area contributed by atoms with Crippen molar-refractivity contribution in [3.8, 4) is 0 Å². The van der Waals surface area contributed by atoms with E-state index in [9.17, 15) is 4.79 Å². The van der Waals surface area contributed by atoms with Crippen LogP contribution in [0.4, 0.5) is 0 Å². The highest BCUT2D eigenvalue weighted by Crippen LogP contribution is 2.25. The van der Waals surface area contributed by atoms with Crippen molar-refractivity contribution >= 4 is 56.4 Å². The molecule has 0 atom stereocenters. The van der Waals surface area contributed by atoms with Gasteiger partial charge in [0.1, 0.15) is 11.0 Å². The number of fused-ring (bicyclic) bond motifs is 2. The van der Waals surface area contributed by atoms with Crippen molar-refractivity contribution in [1.82, 2.24) is 19.1 Å². The average molecular weight is 401 g/mol. The Morgan fingerprint density at radius 3 is 2.96 bits per heavy atom. The van der Waals surface area contributed by atoms with Crippen LogP contribution in [0, 0.1) is 3.95 Å². The molecule has 0 fully saturated rings. The molecule has 130 valence electrons. The van der Waals surface area contributed by atoms with Crippen LogP contribution in [0.2, 0.25) is 5.02 Å². The molecule has 0 saturated heterocycles. The predicted octanol–water partition coefficient (Wildman–Crippen LogP) is 4.42. The van der Waals surface area contributed by atoms with E-state index in [1.165, 1.54) is 17.7 Å². The third kappa shape index (κ3) is 2.78. The van der Waals surface area contributed by atoms with Crippen LogP contribution in [0.15, 0.2) is 54.2 Å². The van der Waals surface area contributed by atoms with E-state index in [0.29, 0.717) is 32.4 Å². The number of thiazole rings is 1. The summed E-state index contributed by atoms with van der Waals surface area (Å²) >= 11 is 13.0. The van der Waals surface area contributed by atoms with Gasteiger partial charge in [0.2, 0.25) is 0 Å². The van der Waals surface area contributed by atoms with E-state index in [2.05, 4.69) is 16.5 Å². The minimum Gasteiger partial charge on any atom is -0.304 e. The van der Waals surface area contributed by atoms with Gasteiger partial charge < -0.3 is 4.57 Å². The number of nitrogens with zero attached hydrogens (tertiary/aromatic N) is 4. The summed E-state index contributed by atoms with van der Waals surface area (Å²) in [6.45, 7) is 4.54. The number of allylic oxidation sites excluding steroid dienone is 1. The minimum absolute atomic E-state index is 0.141. The molecule has 0 aliphatic carbocycles. The molecule has 0 saturated carbocycles. The Kier molecular flexibility index (Phi) is 4.44. The number of hydrogen-bond acceptors (Lipinski definition) is 5. The van der Waals surface area contributed by atoms with Crippen molar-refractivity contribution in [3.05, 3.63) is 74.3 Å². The first-order chi connectivity index (χ1) is 12.6. The molecule has 3 aromatic heterocycles. The first-order valence-corrected chi connectivity index (χ1v) is 9.42. The molecule has 4 aromatic rings.